The third-order valence-electron chi connectivity index (χ3n) is 3.64. The fourth-order valence-corrected chi connectivity index (χ4v) is 2.98. The van der Waals surface area contributed by atoms with Crippen LogP contribution < -0.4 is 5.73 Å². The summed E-state index contributed by atoms with van der Waals surface area (Å²) in [5.41, 5.74) is 5.99. The van der Waals surface area contributed by atoms with Gasteiger partial charge in [0.2, 0.25) is 0 Å². The number of hydrogen-bond acceptors (Lipinski definition) is 3. The predicted octanol–water partition coefficient (Wildman–Crippen LogP) is 1.61. The lowest BCUT2D eigenvalue weighted by molar-refractivity contribution is 0.244. The lowest BCUT2D eigenvalue weighted by atomic mass is 9.64. The first kappa shape index (κ1) is 12.5. The summed E-state index contributed by atoms with van der Waals surface area (Å²) in [6, 6.07) is 4.13. The molecule has 0 amide bonds. The zero-order chi connectivity index (χ0) is 12.7. The molecule has 0 spiro atoms. The number of hydrogen-bond donors (Lipinski definition) is 1. The monoisotopic (exact) mass is 257 g/mol. The van der Waals surface area contributed by atoms with E-state index in [1.807, 2.05) is 0 Å². The van der Waals surface area contributed by atoms with Gasteiger partial charge in [-0.1, -0.05) is 12.5 Å². The molecule has 1 saturated carbocycles. The van der Waals surface area contributed by atoms with Crippen LogP contribution in [0.2, 0.25) is 0 Å². The van der Waals surface area contributed by atoms with Gasteiger partial charge in [0.25, 0.3) is 0 Å². The standard InChI is InChI=1S/C12H16FNO2S/c1-17(15,16)9-3-4-10(11(13)7-9)12(8-14)5-2-6-12/h3-4,7H,2,5-6,8,14H2,1H3. The molecule has 2 rings (SSSR count). The molecular weight excluding hydrogens is 241 g/mol. The summed E-state index contributed by atoms with van der Waals surface area (Å²) in [6.45, 7) is 0.405. The first-order valence-corrected chi connectivity index (χ1v) is 7.48. The fraction of sp³-hybridized carbons (Fsp3) is 0.500. The Morgan fingerprint density at radius 3 is 2.41 bits per heavy atom. The van der Waals surface area contributed by atoms with Gasteiger partial charge in [0.15, 0.2) is 9.84 Å². The number of sulfone groups is 1. The molecule has 5 heteroatoms. The maximum atomic E-state index is 14.0. The molecule has 0 saturated heterocycles. The van der Waals surface area contributed by atoms with E-state index in [1.54, 1.807) is 6.07 Å². The van der Waals surface area contributed by atoms with Crippen LogP contribution in [0.3, 0.4) is 0 Å². The van der Waals surface area contributed by atoms with Gasteiger partial charge in [0, 0.05) is 18.2 Å². The predicted molar refractivity (Wildman–Crippen MR) is 64.1 cm³/mol. The van der Waals surface area contributed by atoms with Crippen LogP contribution in [0, 0.1) is 5.82 Å². The van der Waals surface area contributed by atoms with Gasteiger partial charge >= 0.3 is 0 Å². The van der Waals surface area contributed by atoms with E-state index in [1.165, 1.54) is 6.07 Å². The van der Waals surface area contributed by atoms with Gasteiger partial charge in [-0.05, 0) is 30.5 Å². The lowest BCUT2D eigenvalue weighted by Crippen LogP contribution is -2.42. The average molecular weight is 257 g/mol. The first-order valence-electron chi connectivity index (χ1n) is 5.59. The second-order valence-corrected chi connectivity index (χ2v) is 6.77. The van der Waals surface area contributed by atoms with Gasteiger partial charge in [0.1, 0.15) is 5.82 Å². The van der Waals surface area contributed by atoms with Crippen molar-refractivity contribution in [1.29, 1.82) is 0 Å². The third-order valence-corrected chi connectivity index (χ3v) is 4.75. The summed E-state index contributed by atoms with van der Waals surface area (Å²) in [7, 11) is -3.35. The van der Waals surface area contributed by atoms with Crippen molar-refractivity contribution >= 4 is 9.84 Å². The van der Waals surface area contributed by atoms with E-state index in [0.29, 0.717) is 12.1 Å². The molecule has 0 atom stereocenters. The minimum atomic E-state index is -3.35. The number of nitrogens with two attached hydrogens (primary N) is 1. The van der Waals surface area contributed by atoms with Gasteiger partial charge in [-0.3, -0.25) is 0 Å². The Bertz CT molecular complexity index is 530. The summed E-state index contributed by atoms with van der Waals surface area (Å²) in [5, 5.41) is 0. The summed E-state index contributed by atoms with van der Waals surface area (Å²) >= 11 is 0. The minimum Gasteiger partial charge on any atom is -0.330 e. The van der Waals surface area contributed by atoms with Crippen LogP contribution in [0.5, 0.6) is 0 Å². The van der Waals surface area contributed by atoms with Crippen LogP contribution in [0.4, 0.5) is 4.39 Å². The van der Waals surface area contributed by atoms with Gasteiger partial charge < -0.3 is 5.73 Å². The molecule has 0 bridgehead atoms. The molecule has 1 aliphatic rings. The molecule has 1 aliphatic carbocycles. The summed E-state index contributed by atoms with van der Waals surface area (Å²) in [4.78, 5) is 0.0187. The largest absolute Gasteiger partial charge is 0.330 e. The zero-order valence-corrected chi connectivity index (χ0v) is 10.6. The van der Waals surface area contributed by atoms with Gasteiger partial charge in [-0.15, -0.1) is 0 Å². The number of benzene rings is 1. The molecule has 1 fully saturated rings. The van der Waals surface area contributed by atoms with E-state index in [0.717, 1.165) is 31.6 Å². The highest BCUT2D eigenvalue weighted by atomic mass is 32.2. The molecule has 0 aromatic heterocycles. The van der Waals surface area contributed by atoms with Crippen molar-refractivity contribution in [1.82, 2.24) is 0 Å². The Morgan fingerprint density at radius 2 is 2.06 bits per heavy atom. The van der Waals surface area contributed by atoms with Crippen molar-refractivity contribution in [2.45, 2.75) is 29.6 Å². The Morgan fingerprint density at radius 1 is 1.41 bits per heavy atom. The van der Waals surface area contributed by atoms with E-state index in [9.17, 15) is 12.8 Å². The molecule has 3 nitrogen and oxygen atoms in total. The van der Waals surface area contributed by atoms with E-state index in [-0.39, 0.29) is 10.3 Å². The van der Waals surface area contributed by atoms with Crippen LogP contribution in [0.25, 0.3) is 0 Å². The Kier molecular flexibility index (Phi) is 2.99. The highest BCUT2D eigenvalue weighted by molar-refractivity contribution is 7.90. The fourth-order valence-electron chi connectivity index (χ4n) is 2.34. The second kappa shape index (κ2) is 4.07. The quantitative estimate of drug-likeness (QED) is 0.895. The molecule has 0 aliphatic heterocycles. The van der Waals surface area contributed by atoms with Crippen molar-refractivity contribution in [2.75, 3.05) is 12.8 Å². The SMILES string of the molecule is CS(=O)(=O)c1ccc(C2(CN)CCC2)c(F)c1. The molecule has 1 aromatic carbocycles. The average Bonchev–Trinajstić information content (AvgIpc) is 2.17. The normalized spacial score (nSPS) is 18.8. The molecule has 0 heterocycles. The van der Waals surface area contributed by atoms with Crippen LogP contribution in [-0.4, -0.2) is 21.2 Å². The van der Waals surface area contributed by atoms with Crippen molar-refractivity contribution in [3.8, 4) is 0 Å². The Labute approximate surface area is 101 Å². The second-order valence-electron chi connectivity index (χ2n) is 4.75. The van der Waals surface area contributed by atoms with Crippen molar-refractivity contribution in [3.05, 3.63) is 29.6 Å². The highest BCUT2D eigenvalue weighted by Gasteiger charge is 2.39. The van der Waals surface area contributed by atoms with Gasteiger partial charge in [-0.25, -0.2) is 12.8 Å². The van der Waals surface area contributed by atoms with E-state index < -0.39 is 15.7 Å². The molecule has 17 heavy (non-hydrogen) atoms. The smallest absolute Gasteiger partial charge is 0.175 e. The highest BCUT2D eigenvalue weighted by Crippen LogP contribution is 2.44. The van der Waals surface area contributed by atoms with Crippen LogP contribution in [0.1, 0.15) is 24.8 Å². The molecule has 0 unspecified atom stereocenters. The number of rotatable bonds is 3. The third kappa shape index (κ3) is 2.09. The van der Waals surface area contributed by atoms with E-state index in [4.69, 9.17) is 5.73 Å². The van der Waals surface area contributed by atoms with Gasteiger partial charge in [0.05, 0.1) is 4.90 Å². The number of halogens is 1. The van der Waals surface area contributed by atoms with Gasteiger partial charge in [-0.2, -0.15) is 0 Å². The van der Waals surface area contributed by atoms with E-state index >= 15 is 0 Å². The lowest BCUT2D eigenvalue weighted by Gasteiger charge is -2.41. The van der Waals surface area contributed by atoms with E-state index in [2.05, 4.69) is 0 Å². The topological polar surface area (TPSA) is 60.2 Å². The van der Waals surface area contributed by atoms with Crippen molar-refractivity contribution in [2.24, 2.45) is 5.73 Å². The maximum Gasteiger partial charge on any atom is 0.175 e. The molecule has 0 radical (unpaired) electrons. The molecule has 2 N–H and O–H groups in total. The Hall–Kier alpha value is -0.940. The van der Waals surface area contributed by atoms with Crippen LogP contribution in [-0.2, 0) is 15.3 Å². The van der Waals surface area contributed by atoms with Crippen molar-refractivity contribution < 1.29 is 12.8 Å². The summed E-state index contributed by atoms with van der Waals surface area (Å²) in [6.07, 6.45) is 3.87. The van der Waals surface area contributed by atoms with Crippen LogP contribution in [0.15, 0.2) is 23.1 Å². The first-order chi connectivity index (χ1) is 7.89. The zero-order valence-electron chi connectivity index (χ0n) is 9.74. The molecule has 94 valence electrons. The summed E-state index contributed by atoms with van der Waals surface area (Å²) in [5.74, 6) is -0.460. The molecular formula is C12H16FNO2S. The Balaban J connectivity index is 2.45. The van der Waals surface area contributed by atoms with Crippen molar-refractivity contribution in [3.63, 3.8) is 0 Å². The van der Waals surface area contributed by atoms with Crippen LogP contribution >= 0.6 is 0 Å². The minimum absolute atomic E-state index is 0.0187. The maximum absolute atomic E-state index is 14.0. The summed E-state index contributed by atoms with van der Waals surface area (Å²) < 4.78 is 36.6. The molecule has 1 aromatic rings.